The van der Waals surface area contributed by atoms with E-state index in [4.69, 9.17) is 4.42 Å². The van der Waals surface area contributed by atoms with Crippen LogP contribution in [0.3, 0.4) is 0 Å². The van der Waals surface area contributed by atoms with Crippen molar-refractivity contribution in [1.82, 2.24) is 10.2 Å². The van der Waals surface area contributed by atoms with Gasteiger partial charge in [-0.2, -0.15) is 5.10 Å². The number of benzene rings is 2. The summed E-state index contributed by atoms with van der Waals surface area (Å²) in [6.07, 6.45) is 3.66. The summed E-state index contributed by atoms with van der Waals surface area (Å²) in [5.41, 5.74) is 3.53. The number of aromatic carboxylic acids is 1. The number of carboxylic acids is 1. The van der Waals surface area contributed by atoms with Crippen LogP contribution in [0.25, 0.3) is 21.9 Å². The second-order valence-corrected chi connectivity index (χ2v) is 10.3. The second-order valence-electron chi connectivity index (χ2n) is 10.3. The van der Waals surface area contributed by atoms with Gasteiger partial charge in [-0.25, -0.2) is 4.79 Å². The van der Waals surface area contributed by atoms with E-state index in [1.54, 1.807) is 18.3 Å². The van der Waals surface area contributed by atoms with Crippen LogP contribution in [-0.4, -0.2) is 34.4 Å². The molecule has 0 saturated carbocycles. The molecule has 0 bridgehead atoms. The summed E-state index contributed by atoms with van der Waals surface area (Å²) in [5, 5.41) is 21.2. The summed E-state index contributed by atoms with van der Waals surface area (Å²) >= 11 is 0. The number of fused-ring (bicyclic) bond motifs is 2. The highest BCUT2D eigenvalue weighted by Crippen LogP contribution is 2.35. The highest BCUT2D eigenvalue weighted by Gasteiger charge is 2.27. The molecule has 1 unspecified atom stereocenters. The SMILES string of the molecule is Cc1cc(C(C)Nc2ccc3cn[nH]c3c2C(=O)O)c2oc(N3CCC(C)(C)CC3)cc(=O)c2c1. The van der Waals surface area contributed by atoms with Crippen molar-refractivity contribution in [2.45, 2.75) is 46.6 Å². The van der Waals surface area contributed by atoms with Gasteiger partial charge < -0.3 is 19.7 Å². The third-order valence-corrected chi connectivity index (χ3v) is 7.09. The first-order valence-corrected chi connectivity index (χ1v) is 11.9. The van der Waals surface area contributed by atoms with Crippen molar-refractivity contribution in [3.8, 4) is 0 Å². The molecule has 1 saturated heterocycles. The highest BCUT2D eigenvalue weighted by atomic mass is 16.4. The number of H-pyrrole nitrogens is 1. The van der Waals surface area contributed by atoms with E-state index in [-0.39, 0.29) is 22.4 Å². The fourth-order valence-electron chi connectivity index (χ4n) is 4.90. The first kappa shape index (κ1) is 23.0. The number of nitrogens with one attached hydrogen (secondary N) is 2. The summed E-state index contributed by atoms with van der Waals surface area (Å²) in [5.74, 6) is -0.467. The lowest BCUT2D eigenvalue weighted by molar-refractivity contribution is 0.0699. The number of carboxylic acid groups (broad SMARTS) is 1. The van der Waals surface area contributed by atoms with Crippen LogP contribution in [0.1, 0.15) is 61.1 Å². The van der Waals surface area contributed by atoms with Gasteiger partial charge in [0.25, 0.3) is 0 Å². The van der Waals surface area contributed by atoms with Crippen molar-refractivity contribution in [2.75, 3.05) is 23.3 Å². The fraction of sp³-hybridized carbons (Fsp3) is 0.370. The molecule has 8 nitrogen and oxygen atoms in total. The second kappa shape index (κ2) is 8.45. The van der Waals surface area contributed by atoms with Crippen molar-refractivity contribution in [2.24, 2.45) is 5.41 Å². The minimum absolute atomic E-state index is 0.0756. The number of aromatic amines is 1. The Balaban J connectivity index is 1.56. The lowest BCUT2D eigenvalue weighted by Gasteiger charge is -2.37. The van der Waals surface area contributed by atoms with Gasteiger partial charge in [0.1, 0.15) is 11.1 Å². The molecule has 0 spiro atoms. The van der Waals surface area contributed by atoms with Crippen LogP contribution in [0.5, 0.6) is 0 Å². The predicted molar refractivity (Wildman–Crippen MR) is 138 cm³/mol. The van der Waals surface area contributed by atoms with Gasteiger partial charge >= 0.3 is 5.97 Å². The van der Waals surface area contributed by atoms with Crippen molar-refractivity contribution < 1.29 is 14.3 Å². The number of piperidine rings is 1. The number of aryl methyl sites for hydroxylation is 1. The molecule has 3 N–H and O–H groups in total. The van der Waals surface area contributed by atoms with Crippen LogP contribution in [-0.2, 0) is 0 Å². The predicted octanol–water partition coefficient (Wildman–Crippen LogP) is 5.48. The number of nitrogens with zero attached hydrogens (tertiary/aromatic N) is 2. The standard InChI is InChI=1S/C27H30N4O4/c1-15-11-18(16(2)29-20-6-5-17-14-28-30-24(17)23(20)26(33)34)25-19(12-15)21(32)13-22(35-25)31-9-7-27(3,4)8-10-31/h5-6,11-14,16,29H,7-10H2,1-4H3,(H,28,30)(H,33,34). The lowest BCUT2D eigenvalue weighted by Crippen LogP contribution is -2.37. The summed E-state index contributed by atoms with van der Waals surface area (Å²) in [7, 11) is 0. The summed E-state index contributed by atoms with van der Waals surface area (Å²) in [6.45, 7) is 10.1. The van der Waals surface area contributed by atoms with Gasteiger partial charge in [-0.1, -0.05) is 19.9 Å². The molecule has 8 heteroatoms. The quantitative estimate of drug-likeness (QED) is 0.351. The average Bonchev–Trinajstić information content (AvgIpc) is 3.27. The van der Waals surface area contributed by atoms with Gasteiger partial charge in [0.05, 0.1) is 28.8 Å². The van der Waals surface area contributed by atoms with Crippen LogP contribution in [0, 0.1) is 12.3 Å². The van der Waals surface area contributed by atoms with Crippen molar-refractivity contribution in [1.29, 1.82) is 0 Å². The zero-order valence-corrected chi connectivity index (χ0v) is 20.4. The van der Waals surface area contributed by atoms with E-state index in [2.05, 4.69) is 34.3 Å². The summed E-state index contributed by atoms with van der Waals surface area (Å²) in [4.78, 5) is 27.3. The first-order chi connectivity index (χ1) is 16.6. The largest absolute Gasteiger partial charge is 0.478 e. The molecule has 1 fully saturated rings. The third-order valence-electron chi connectivity index (χ3n) is 7.09. The average molecular weight is 475 g/mol. The van der Waals surface area contributed by atoms with E-state index in [1.807, 2.05) is 32.0 Å². The smallest absolute Gasteiger partial charge is 0.340 e. The zero-order chi connectivity index (χ0) is 24.9. The Kier molecular flexibility index (Phi) is 5.54. The van der Waals surface area contributed by atoms with E-state index < -0.39 is 5.97 Å². The molecule has 2 aromatic carbocycles. The Labute approximate surface area is 202 Å². The van der Waals surface area contributed by atoms with E-state index in [0.717, 1.165) is 42.4 Å². The molecule has 0 amide bonds. The number of carbonyl (C=O) groups is 1. The molecule has 1 aliphatic rings. The number of hydrogen-bond acceptors (Lipinski definition) is 6. The van der Waals surface area contributed by atoms with Gasteiger partial charge in [-0.3, -0.25) is 9.89 Å². The number of aromatic nitrogens is 2. The normalized spacial score (nSPS) is 16.5. The molecule has 1 aliphatic heterocycles. The Morgan fingerprint density at radius 1 is 1.23 bits per heavy atom. The zero-order valence-electron chi connectivity index (χ0n) is 20.4. The van der Waals surface area contributed by atoms with E-state index in [0.29, 0.717) is 28.1 Å². The minimum atomic E-state index is -1.05. The molecular formula is C27H30N4O4. The van der Waals surface area contributed by atoms with Crippen molar-refractivity contribution >= 4 is 39.4 Å². The lowest BCUT2D eigenvalue weighted by atomic mass is 9.83. The van der Waals surface area contributed by atoms with Gasteiger partial charge in [-0.15, -0.1) is 0 Å². The molecule has 4 aromatic rings. The number of anilines is 2. The van der Waals surface area contributed by atoms with Crippen molar-refractivity contribution in [3.63, 3.8) is 0 Å². The topological polar surface area (TPSA) is 111 Å². The van der Waals surface area contributed by atoms with Crippen molar-refractivity contribution in [3.05, 3.63) is 63.4 Å². The van der Waals surface area contributed by atoms with Crippen LogP contribution in [0.4, 0.5) is 11.6 Å². The molecule has 3 heterocycles. The van der Waals surface area contributed by atoms with E-state index in [9.17, 15) is 14.7 Å². The van der Waals surface area contributed by atoms with Gasteiger partial charge in [0.2, 0.25) is 0 Å². The van der Waals surface area contributed by atoms with Crippen LogP contribution >= 0.6 is 0 Å². The third kappa shape index (κ3) is 4.24. The first-order valence-electron chi connectivity index (χ1n) is 11.9. The Bertz CT molecular complexity index is 1490. The van der Waals surface area contributed by atoms with Crippen LogP contribution < -0.4 is 15.6 Å². The Morgan fingerprint density at radius 2 is 1.97 bits per heavy atom. The number of rotatable bonds is 5. The monoisotopic (exact) mass is 474 g/mol. The molecule has 0 radical (unpaired) electrons. The maximum Gasteiger partial charge on any atom is 0.340 e. The van der Waals surface area contributed by atoms with Gasteiger partial charge in [-0.05, 0) is 55.9 Å². The van der Waals surface area contributed by atoms with Gasteiger partial charge in [0.15, 0.2) is 11.3 Å². The fourth-order valence-corrected chi connectivity index (χ4v) is 4.90. The molecule has 1 atom stereocenters. The molecule has 0 aliphatic carbocycles. The summed E-state index contributed by atoms with van der Waals surface area (Å²) in [6, 6.07) is 8.67. The van der Waals surface area contributed by atoms with Gasteiger partial charge in [0, 0.05) is 30.1 Å². The van der Waals surface area contributed by atoms with E-state index in [1.165, 1.54) is 0 Å². The Morgan fingerprint density at radius 3 is 2.69 bits per heavy atom. The molecule has 5 rings (SSSR count). The van der Waals surface area contributed by atoms with E-state index >= 15 is 0 Å². The molecule has 182 valence electrons. The Hall–Kier alpha value is -3.81. The highest BCUT2D eigenvalue weighted by molar-refractivity contribution is 6.07. The molecular weight excluding hydrogens is 444 g/mol. The number of hydrogen-bond donors (Lipinski definition) is 3. The van der Waals surface area contributed by atoms with Crippen LogP contribution in [0.15, 0.2) is 45.7 Å². The maximum absolute atomic E-state index is 13.1. The minimum Gasteiger partial charge on any atom is -0.478 e. The molecule has 2 aromatic heterocycles. The van der Waals surface area contributed by atoms with Crippen LogP contribution in [0.2, 0.25) is 0 Å². The molecule has 35 heavy (non-hydrogen) atoms. The summed E-state index contributed by atoms with van der Waals surface area (Å²) < 4.78 is 6.38. The maximum atomic E-state index is 13.1.